The van der Waals surface area contributed by atoms with Gasteiger partial charge in [0.1, 0.15) is 5.82 Å². The van der Waals surface area contributed by atoms with Gasteiger partial charge in [-0.15, -0.1) is 0 Å². The molecule has 2 fully saturated rings. The summed E-state index contributed by atoms with van der Waals surface area (Å²) in [5, 5.41) is 6.65. The van der Waals surface area contributed by atoms with Crippen LogP contribution in [0.2, 0.25) is 0 Å². The summed E-state index contributed by atoms with van der Waals surface area (Å²) in [7, 11) is 0. The number of hydrogen-bond donors (Lipinski definition) is 2. The Labute approximate surface area is 153 Å². The molecule has 0 aromatic heterocycles. The predicted molar refractivity (Wildman–Crippen MR) is 102 cm³/mol. The van der Waals surface area contributed by atoms with Crippen molar-refractivity contribution in [2.24, 2.45) is 0 Å². The number of benzene rings is 1. The molecule has 1 aromatic carbocycles. The molecule has 0 bridgehead atoms. The van der Waals surface area contributed by atoms with Crippen molar-refractivity contribution >= 4 is 28.7 Å². The summed E-state index contributed by atoms with van der Waals surface area (Å²) in [6.07, 6.45) is 2.54. The quantitative estimate of drug-likeness (QED) is 0.798. The molecule has 0 saturated carbocycles. The SMILES string of the molecule is C[C@@H]1CN(c2ccc(NC(=S)NC[C@H]3CCCO3)cc2F)C[C@H](C)O1. The van der Waals surface area contributed by atoms with Crippen molar-refractivity contribution in [1.29, 1.82) is 0 Å². The summed E-state index contributed by atoms with van der Waals surface area (Å²) in [6.45, 7) is 6.89. The maximum atomic E-state index is 14.6. The second-order valence-corrected chi connectivity index (χ2v) is 7.21. The van der Waals surface area contributed by atoms with Crippen LogP contribution in [0.25, 0.3) is 0 Å². The van der Waals surface area contributed by atoms with E-state index in [4.69, 9.17) is 21.7 Å². The first kappa shape index (κ1) is 18.4. The Balaban J connectivity index is 1.56. The molecule has 0 spiro atoms. The van der Waals surface area contributed by atoms with Crippen LogP contribution in [0.4, 0.5) is 15.8 Å². The maximum absolute atomic E-state index is 14.6. The van der Waals surface area contributed by atoms with Gasteiger partial charge < -0.3 is 25.0 Å². The van der Waals surface area contributed by atoms with E-state index in [1.54, 1.807) is 6.07 Å². The van der Waals surface area contributed by atoms with E-state index in [0.29, 0.717) is 36.1 Å². The predicted octanol–water partition coefficient (Wildman–Crippen LogP) is 2.90. The number of ether oxygens (including phenoxy) is 2. The molecule has 7 heteroatoms. The molecule has 0 amide bonds. The molecule has 5 nitrogen and oxygen atoms in total. The van der Waals surface area contributed by atoms with Crippen LogP contribution in [-0.4, -0.2) is 49.7 Å². The molecular formula is C18H26FN3O2S. The van der Waals surface area contributed by atoms with Crippen LogP contribution in [-0.2, 0) is 9.47 Å². The largest absolute Gasteiger partial charge is 0.376 e. The lowest BCUT2D eigenvalue weighted by molar-refractivity contribution is -0.00539. The minimum absolute atomic E-state index is 0.0931. The molecule has 0 aliphatic carbocycles. The smallest absolute Gasteiger partial charge is 0.170 e. The number of anilines is 2. The van der Waals surface area contributed by atoms with Crippen LogP contribution in [0.3, 0.4) is 0 Å². The summed E-state index contributed by atoms with van der Waals surface area (Å²) in [5.41, 5.74) is 1.24. The topological polar surface area (TPSA) is 45.8 Å². The molecular weight excluding hydrogens is 341 g/mol. The van der Waals surface area contributed by atoms with Gasteiger partial charge in [-0.3, -0.25) is 0 Å². The van der Waals surface area contributed by atoms with Gasteiger partial charge in [0, 0.05) is 31.9 Å². The van der Waals surface area contributed by atoms with Gasteiger partial charge in [-0.1, -0.05) is 0 Å². The van der Waals surface area contributed by atoms with E-state index in [1.165, 1.54) is 6.07 Å². The van der Waals surface area contributed by atoms with Gasteiger partial charge in [0.15, 0.2) is 5.11 Å². The molecule has 25 heavy (non-hydrogen) atoms. The second kappa shape index (κ2) is 8.29. The van der Waals surface area contributed by atoms with Crippen LogP contribution < -0.4 is 15.5 Å². The highest BCUT2D eigenvalue weighted by atomic mass is 32.1. The van der Waals surface area contributed by atoms with Crippen molar-refractivity contribution in [3.05, 3.63) is 24.0 Å². The Morgan fingerprint density at radius 1 is 1.32 bits per heavy atom. The standard InChI is InChI=1S/C18H26FN3O2S/c1-12-10-22(11-13(2)24-12)17-6-5-14(8-16(17)19)21-18(25)20-9-15-4-3-7-23-15/h5-6,8,12-13,15H,3-4,7,9-11H2,1-2H3,(H2,20,21,25)/t12-,13+,15-/m1/s1. The van der Waals surface area contributed by atoms with E-state index in [9.17, 15) is 4.39 Å². The fourth-order valence-corrected chi connectivity index (χ4v) is 3.60. The summed E-state index contributed by atoms with van der Waals surface area (Å²) < 4.78 is 25.8. The summed E-state index contributed by atoms with van der Waals surface area (Å²) in [5.74, 6) is -0.256. The number of thiocarbonyl (C=S) groups is 1. The van der Waals surface area contributed by atoms with Crippen LogP contribution in [0.1, 0.15) is 26.7 Å². The Kier molecular flexibility index (Phi) is 6.09. The first-order valence-corrected chi connectivity index (χ1v) is 9.28. The highest BCUT2D eigenvalue weighted by Crippen LogP contribution is 2.26. The summed E-state index contributed by atoms with van der Waals surface area (Å²) in [6, 6.07) is 5.13. The molecule has 2 aliphatic heterocycles. The maximum Gasteiger partial charge on any atom is 0.170 e. The van der Waals surface area contributed by atoms with E-state index in [-0.39, 0.29) is 24.1 Å². The normalized spacial score (nSPS) is 26.5. The average Bonchev–Trinajstić information content (AvgIpc) is 3.05. The number of morpholine rings is 1. The second-order valence-electron chi connectivity index (χ2n) is 6.80. The van der Waals surface area contributed by atoms with E-state index in [2.05, 4.69) is 10.6 Å². The van der Waals surface area contributed by atoms with Crippen molar-refractivity contribution in [2.45, 2.75) is 45.0 Å². The molecule has 1 aromatic rings. The van der Waals surface area contributed by atoms with Crippen molar-refractivity contribution in [1.82, 2.24) is 5.32 Å². The Morgan fingerprint density at radius 2 is 2.08 bits per heavy atom. The minimum Gasteiger partial charge on any atom is -0.376 e. The van der Waals surface area contributed by atoms with Gasteiger partial charge in [0.2, 0.25) is 0 Å². The molecule has 3 rings (SSSR count). The number of nitrogens with zero attached hydrogens (tertiary/aromatic N) is 1. The van der Waals surface area contributed by atoms with Crippen LogP contribution in [0.5, 0.6) is 0 Å². The van der Waals surface area contributed by atoms with E-state index in [0.717, 1.165) is 19.4 Å². The molecule has 0 unspecified atom stereocenters. The number of hydrogen-bond acceptors (Lipinski definition) is 4. The monoisotopic (exact) mass is 367 g/mol. The fourth-order valence-electron chi connectivity index (χ4n) is 3.40. The first-order valence-electron chi connectivity index (χ1n) is 8.87. The molecule has 2 N–H and O–H groups in total. The zero-order valence-corrected chi connectivity index (χ0v) is 15.6. The number of nitrogens with one attached hydrogen (secondary N) is 2. The van der Waals surface area contributed by atoms with E-state index >= 15 is 0 Å². The number of rotatable bonds is 4. The zero-order valence-electron chi connectivity index (χ0n) is 14.8. The van der Waals surface area contributed by atoms with Crippen LogP contribution >= 0.6 is 12.2 Å². The Morgan fingerprint density at radius 3 is 2.72 bits per heavy atom. The zero-order chi connectivity index (χ0) is 17.8. The lowest BCUT2D eigenvalue weighted by Crippen LogP contribution is -2.45. The Hall–Kier alpha value is -1.44. The minimum atomic E-state index is -0.256. The molecule has 3 atom stereocenters. The van der Waals surface area contributed by atoms with Crippen molar-refractivity contribution in [2.75, 3.05) is 36.5 Å². The van der Waals surface area contributed by atoms with Crippen molar-refractivity contribution in [3.63, 3.8) is 0 Å². The van der Waals surface area contributed by atoms with E-state index in [1.807, 2.05) is 24.8 Å². The first-order chi connectivity index (χ1) is 12.0. The third-order valence-corrected chi connectivity index (χ3v) is 4.73. The van der Waals surface area contributed by atoms with Crippen LogP contribution in [0.15, 0.2) is 18.2 Å². The van der Waals surface area contributed by atoms with Crippen molar-refractivity contribution < 1.29 is 13.9 Å². The lowest BCUT2D eigenvalue weighted by atomic mass is 10.2. The molecule has 0 radical (unpaired) electrons. The van der Waals surface area contributed by atoms with Gasteiger partial charge in [-0.2, -0.15) is 0 Å². The van der Waals surface area contributed by atoms with Gasteiger partial charge in [0.25, 0.3) is 0 Å². The Bertz CT molecular complexity index is 600. The fraction of sp³-hybridized carbons (Fsp3) is 0.611. The average molecular weight is 367 g/mol. The molecule has 2 aliphatic rings. The molecule has 2 heterocycles. The van der Waals surface area contributed by atoms with Crippen molar-refractivity contribution in [3.8, 4) is 0 Å². The van der Waals surface area contributed by atoms with E-state index < -0.39 is 0 Å². The van der Waals surface area contributed by atoms with Gasteiger partial charge in [-0.25, -0.2) is 4.39 Å². The van der Waals surface area contributed by atoms with Gasteiger partial charge in [-0.05, 0) is 57.1 Å². The summed E-state index contributed by atoms with van der Waals surface area (Å²) >= 11 is 5.28. The third-order valence-electron chi connectivity index (χ3n) is 4.48. The van der Waals surface area contributed by atoms with Gasteiger partial charge in [0.05, 0.1) is 24.0 Å². The number of halogens is 1. The lowest BCUT2D eigenvalue weighted by Gasteiger charge is -2.37. The molecule has 138 valence electrons. The van der Waals surface area contributed by atoms with Crippen LogP contribution in [0, 0.1) is 5.82 Å². The summed E-state index contributed by atoms with van der Waals surface area (Å²) in [4.78, 5) is 2.03. The molecule has 2 saturated heterocycles. The highest BCUT2D eigenvalue weighted by molar-refractivity contribution is 7.80. The highest BCUT2D eigenvalue weighted by Gasteiger charge is 2.24. The third kappa shape index (κ3) is 5.03. The van der Waals surface area contributed by atoms with Gasteiger partial charge >= 0.3 is 0 Å².